The lowest BCUT2D eigenvalue weighted by Crippen LogP contribution is -2.36. The van der Waals surface area contributed by atoms with Crippen molar-refractivity contribution in [2.45, 2.75) is 24.4 Å². The molecule has 28 heavy (non-hydrogen) atoms. The number of amides is 1. The number of carbonyl (C=O) groups is 1. The van der Waals surface area contributed by atoms with E-state index in [1.807, 2.05) is 25.1 Å². The number of nitrogens with zero attached hydrogens (tertiary/aromatic N) is 2. The monoisotopic (exact) mass is 433 g/mol. The Morgan fingerprint density at radius 3 is 2.79 bits per heavy atom. The van der Waals surface area contributed by atoms with Crippen molar-refractivity contribution < 1.29 is 13.2 Å². The zero-order valence-electron chi connectivity index (χ0n) is 15.2. The second-order valence-corrected chi connectivity index (χ2v) is 11.0. The molecule has 1 aliphatic heterocycles. The number of thioether (sulfide) groups is 1. The fourth-order valence-corrected chi connectivity index (χ4v) is 6.84. The van der Waals surface area contributed by atoms with E-state index in [-0.39, 0.29) is 29.2 Å². The molecule has 0 saturated carbocycles. The Morgan fingerprint density at radius 1 is 1.29 bits per heavy atom. The number of hydrogen-bond acceptors (Lipinski definition) is 7. The number of nitrogens with one attached hydrogen (secondary N) is 1. The van der Waals surface area contributed by atoms with Gasteiger partial charge in [0.1, 0.15) is 15.7 Å². The van der Waals surface area contributed by atoms with Gasteiger partial charge in [-0.3, -0.25) is 4.79 Å². The molecule has 3 heterocycles. The van der Waals surface area contributed by atoms with E-state index in [0.717, 1.165) is 25.7 Å². The second kappa shape index (κ2) is 7.81. The molecule has 1 aliphatic rings. The third-order valence-corrected chi connectivity index (χ3v) is 8.30. The summed E-state index contributed by atoms with van der Waals surface area (Å²) in [5.41, 5.74) is 1.12. The molecule has 1 aromatic carbocycles. The third kappa shape index (κ3) is 4.37. The van der Waals surface area contributed by atoms with Gasteiger partial charge in [0.15, 0.2) is 9.84 Å². The highest BCUT2D eigenvalue weighted by Gasteiger charge is 2.28. The van der Waals surface area contributed by atoms with Gasteiger partial charge in [-0.15, -0.1) is 11.3 Å². The van der Waals surface area contributed by atoms with Crippen LogP contribution in [0.25, 0.3) is 20.7 Å². The van der Waals surface area contributed by atoms with Crippen molar-refractivity contribution in [2.75, 3.05) is 17.3 Å². The summed E-state index contributed by atoms with van der Waals surface area (Å²) in [7, 11) is -3.01. The molecule has 9 heteroatoms. The Bertz CT molecular complexity index is 1130. The van der Waals surface area contributed by atoms with E-state index in [2.05, 4.69) is 33.5 Å². The van der Waals surface area contributed by atoms with Gasteiger partial charge in [-0.2, -0.15) is 0 Å². The van der Waals surface area contributed by atoms with Gasteiger partial charge in [0.2, 0.25) is 5.91 Å². The molecule has 0 unspecified atom stereocenters. The lowest BCUT2D eigenvalue weighted by molar-refractivity contribution is -0.119. The predicted molar refractivity (Wildman–Crippen MR) is 114 cm³/mol. The first-order valence-corrected chi connectivity index (χ1v) is 12.5. The summed E-state index contributed by atoms with van der Waals surface area (Å²) < 4.78 is 23.1. The maximum absolute atomic E-state index is 12.3. The van der Waals surface area contributed by atoms with E-state index in [1.165, 1.54) is 11.8 Å². The third-order valence-electron chi connectivity index (χ3n) is 4.47. The Labute approximate surface area is 171 Å². The van der Waals surface area contributed by atoms with Gasteiger partial charge in [-0.1, -0.05) is 42.1 Å². The minimum Gasteiger partial charge on any atom is -0.352 e. The first-order chi connectivity index (χ1) is 13.4. The molecule has 1 atom stereocenters. The number of aromatic nitrogens is 2. The minimum atomic E-state index is -3.01. The molecule has 4 rings (SSSR count). The van der Waals surface area contributed by atoms with Crippen molar-refractivity contribution in [3.05, 3.63) is 42.2 Å². The molecular formula is C19H19N3O3S3. The average Bonchev–Trinajstić information content (AvgIpc) is 3.23. The van der Waals surface area contributed by atoms with E-state index < -0.39 is 9.84 Å². The molecule has 0 spiro atoms. The van der Waals surface area contributed by atoms with Crippen LogP contribution in [0.5, 0.6) is 0 Å². The second-order valence-electron chi connectivity index (χ2n) is 6.73. The zero-order chi connectivity index (χ0) is 19.7. The highest BCUT2D eigenvalue weighted by Crippen LogP contribution is 2.36. The van der Waals surface area contributed by atoms with Gasteiger partial charge in [-0.25, -0.2) is 18.4 Å². The highest BCUT2D eigenvalue weighted by molar-refractivity contribution is 8.00. The Balaban J connectivity index is 1.50. The van der Waals surface area contributed by atoms with Gasteiger partial charge >= 0.3 is 0 Å². The zero-order valence-corrected chi connectivity index (χ0v) is 17.7. The number of rotatable bonds is 5. The Kier molecular flexibility index (Phi) is 5.39. The van der Waals surface area contributed by atoms with E-state index in [9.17, 15) is 13.2 Å². The topological polar surface area (TPSA) is 89.0 Å². The largest absolute Gasteiger partial charge is 0.352 e. The van der Waals surface area contributed by atoms with E-state index in [0.29, 0.717) is 12.2 Å². The van der Waals surface area contributed by atoms with E-state index >= 15 is 0 Å². The van der Waals surface area contributed by atoms with Crippen LogP contribution in [0.2, 0.25) is 0 Å². The number of benzene rings is 1. The molecule has 0 bridgehead atoms. The summed E-state index contributed by atoms with van der Waals surface area (Å²) in [6.07, 6.45) is 0.487. The fourth-order valence-electron chi connectivity index (χ4n) is 3.16. The van der Waals surface area contributed by atoms with Crippen molar-refractivity contribution in [3.63, 3.8) is 0 Å². The van der Waals surface area contributed by atoms with E-state index in [4.69, 9.17) is 0 Å². The molecule has 1 saturated heterocycles. The van der Waals surface area contributed by atoms with Gasteiger partial charge in [0.25, 0.3) is 0 Å². The molecule has 0 aliphatic carbocycles. The number of carbonyl (C=O) groups excluding carboxylic acids is 1. The summed E-state index contributed by atoms with van der Waals surface area (Å²) in [5.74, 6) is 0.867. The average molecular weight is 434 g/mol. The molecule has 146 valence electrons. The fraction of sp³-hybridized carbons (Fsp3) is 0.316. The lowest BCUT2D eigenvalue weighted by atomic mass is 10.2. The summed E-state index contributed by atoms with van der Waals surface area (Å²) in [6.45, 7) is 1.84. The van der Waals surface area contributed by atoms with Crippen LogP contribution in [0.3, 0.4) is 0 Å². The van der Waals surface area contributed by atoms with Crippen LogP contribution in [0.4, 0.5) is 0 Å². The maximum atomic E-state index is 12.3. The predicted octanol–water partition coefficient (Wildman–Crippen LogP) is 3.06. The number of thiophene rings is 1. The van der Waals surface area contributed by atoms with Crippen molar-refractivity contribution in [2.24, 2.45) is 0 Å². The summed E-state index contributed by atoms with van der Waals surface area (Å²) in [6, 6.07) is 11.9. The van der Waals surface area contributed by atoms with Crippen LogP contribution < -0.4 is 5.32 Å². The van der Waals surface area contributed by atoms with Crippen LogP contribution in [0.1, 0.15) is 12.2 Å². The Morgan fingerprint density at radius 2 is 2.07 bits per heavy atom. The van der Waals surface area contributed by atoms with Crippen LogP contribution in [0.15, 0.2) is 41.4 Å². The van der Waals surface area contributed by atoms with Crippen LogP contribution >= 0.6 is 23.1 Å². The number of hydrogen-bond donors (Lipinski definition) is 1. The molecule has 1 fully saturated rings. The number of fused-ring (bicyclic) bond motifs is 1. The number of aryl methyl sites for hydroxylation is 1. The molecule has 1 N–H and O–H groups in total. The van der Waals surface area contributed by atoms with Gasteiger partial charge in [0.05, 0.1) is 17.3 Å². The SMILES string of the molecule is Cc1nc(SCC(=O)N[C@@H]2CCS(=O)(=O)C2)c2cc(-c3ccccc3)sc2n1. The van der Waals surface area contributed by atoms with Crippen LogP contribution in [0, 0.1) is 6.92 Å². The first kappa shape index (κ1) is 19.4. The molecule has 1 amide bonds. The highest BCUT2D eigenvalue weighted by atomic mass is 32.2. The van der Waals surface area contributed by atoms with Gasteiger partial charge in [-0.05, 0) is 25.0 Å². The normalized spacial score (nSPS) is 18.4. The van der Waals surface area contributed by atoms with Crippen LogP contribution in [-0.2, 0) is 14.6 Å². The molecule has 6 nitrogen and oxygen atoms in total. The molecule has 2 aromatic heterocycles. The van der Waals surface area contributed by atoms with Crippen molar-refractivity contribution in [1.82, 2.24) is 15.3 Å². The molecular weight excluding hydrogens is 414 g/mol. The Hall–Kier alpha value is -1.97. The van der Waals surface area contributed by atoms with Gasteiger partial charge < -0.3 is 5.32 Å². The van der Waals surface area contributed by atoms with Crippen molar-refractivity contribution in [3.8, 4) is 10.4 Å². The molecule has 3 aromatic rings. The van der Waals surface area contributed by atoms with Crippen LogP contribution in [-0.4, -0.2) is 47.6 Å². The summed E-state index contributed by atoms with van der Waals surface area (Å²) >= 11 is 2.97. The minimum absolute atomic E-state index is 0.0330. The summed E-state index contributed by atoms with van der Waals surface area (Å²) in [4.78, 5) is 23.3. The lowest BCUT2D eigenvalue weighted by Gasteiger charge is -2.10. The standard InChI is InChI=1S/C19H19N3O3S3/c1-12-20-18(26-10-17(23)22-14-7-8-28(24,25)11-14)15-9-16(27-19(15)21-12)13-5-3-2-4-6-13/h2-6,9,14H,7-8,10-11H2,1H3,(H,22,23)/t14-/m1/s1. The maximum Gasteiger partial charge on any atom is 0.230 e. The first-order valence-electron chi connectivity index (χ1n) is 8.86. The van der Waals surface area contributed by atoms with Gasteiger partial charge in [0, 0.05) is 16.3 Å². The smallest absolute Gasteiger partial charge is 0.230 e. The number of sulfone groups is 1. The quantitative estimate of drug-likeness (QED) is 0.491. The van der Waals surface area contributed by atoms with Crippen molar-refractivity contribution in [1.29, 1.82) is 0 Å². The van der Waals surface area contributed by atoms with E-state index in [1.54, 1.807) is 11.3 Å². The summed E-state index contributed by atoms with van der Waals surface area (Å²) in [5, 5.41) is 4.53. The van der Waals surface area contributed by atoms with Crippen molar-refractivity contribution >= 4 is 49.1 Å². The molecule has 0 radical (unpaired) electrons.